The summed E-state index contributed by atoms with van der Waals surface area (Å²) in [6.45, 7) is 3.55. The van der Waals surface area contributed by atoms with Crippen LogP contribution in [-0.4, -0.2) is 50.9 Å². The fourth-order valence-corrected chi connectivity index (χ4v) is 4.64. The number of piperazine rings is 1. The van der Waals surface area contributed by atoms with Crippen molar-refractivity contribution >= 4 is 21.4 Å². The van der Waals surface area contributed by atoms with Crippen molar-refractivity contribution in [3.63, 3.8) is 0 Å². The highest BCUT2D eigenvalue weighted by Gasteiger charge is 2.29. The summed E-state index contributed by atoms with van der Waals surface area (Å²) in [5.74, 6) is 0.650. The highest BCUT2D eigenvalue weighted by molar-refractivity contribution is 7.89. The van der Waals surface area contributed by atoms with Gasteiger partial charge in [0.1, 0.15) is 5.75 Å². The number of nitrogens with zero attached hydrogens (tertiary/aromatic N) is 3. The van der Waals surface area contributed by atoms with Crippen LogP contribution in [0.4, 0.5) is 11.4 Å². The summed E-state index contributed by atoms with van der Waals surface area (Å²) in [4.78, 5) is 12.6. The van der Waals surface area contributed by atoms with Crippen molar-refractivity contribution in [3.05, 3.63) is 58.1 Å². The van der Waals surface area contributed by atoms with Crippen LogP contribution in [0.3, 0.4) is 0 Å². The number of rotatable bonds is 5. The summed E-state index contributed by atoms with van der Waals surface area (Å²) in [7, 11) is -2.02. The van der Waals surface area contributed by atoms with E-state index in [-0.39, 0.29) is 10.6 Å². The summed E-state index contributed by atoms with van der Waals surface area (Å²) in [6, 6.07) is 11.1. The Morgan fingerprint density at radius 1 is 1.04 bits per heavy atom. The first-order valence-corrected chi connectivity index (χ1v) is 9.91. The molecule has 0 aliphatic carbocycles. The van der Waals surface area contributed by atoms with Crippen molar-refractivity contribution in [3.8, 4) is 5.75 Å². The molecule has 1 aliphatic rings. The molecule has 9 heteroatoms. The zero-order valence-corrected chi connectivity index (χ0v) is 16.0. The Labute approximate surface area is 158 Å². The largest absolute Gasteiger partial charge is 0.496 e. The number of anilines is 1. The molecule has 27 heavy (non-hydrogen) atoms. The minimum atomic E-state index is -3.57. The van der Waals surface area contributed by atoms with Gasteiger partial charge < -0.3 is 9.64 Å². The lowest BCUT2D eigenvalue weighted by molar-refractivity contribution is -0.384. The van der Waals surface area contributed by atoms with Crippen LogP contribution in [0.1, 0.15) is 5.56 Å². The molecule has 0 unspecified atom stereocenters. The van der Waals surface area contributed by atoms with Gasteiger partial charge in [-0.25, -0.2) is 8.42 Å². The van der Waals surface area contributed by atoms with Gasteiger partial charge in [-0.2, -0.15) is 4.31 Å². The standard InChI is InChI=1S/C18H21N3O5S/c1-14-13-17(7-8-18(14)26-2)27(24,25)20-11-9-19(10-12-20)15-3-5-16(6-4-15)21(22)23/h3-8,13H,9-12H2,1-2H3. The second kappa shape index (κ2) is 7.53. The highest BCUT2D eigenvalue weighted by atomic mass is 32.2. The van der Waals surface area contributed by atoms with Gasteiger partial charge in [0, 0.05) is 44.0 Å². The number of aryl methyl sites for hydroxylation is 1. The number of sulfonamides is 1. The lowest BCUT2D eigenvalue weighted by Crippen LogP contribution is -2.48. The van der Waals surface area contributed by atoms with Gasteiger partial charge in [-0.15, -0.1) is 0 Å². The maximum atomic E-state index is 12.9. The van der Waals surface area contributed by atoms with Crippen LogP contribution in [0.15, 0.2) is 47.4 Å². The fraction of sp³-hybridized carbons (Fsp3) is 0.333. The van der Waals surface area contributed by atoms with Gasteiger partial charge in [0.05, 0.1) is 16.9 Å². The number of non-ortho nitro benzene ring substituents is 1. The van der Waals surface area contributed by atoms with Gasteiger partial charge in [0.15, 0.2) is 0 Å². The minimum absolute atomic E-state index is 0.0369. The van der Waals surface area contributed by atoms with Gasteiger partial charge in [-0.05, 0) is 42.8 Å². The fourth-order valence-electron chi connectivity index (χ4n) is 3.13. The van der Waals surface area contributed by atoms with Crippen molar-refractivity contribution in [1.29, 1.82) is 0 Å². The molecule has 1 saturated heterocycles. The molecule has 0 atom stereocenters. The lowest BCUT2D eigenvalue weighted by Gasteiger charge is -2.35. The monoisotopic (exact) mass is 391 g/mol. The predicted molar refractivity (Wildman–Crippen MR) is 102 cm³/mol. The predicted octanol–water partition coefficient (Wildman–Crippen LogP) is 2.42. The van der Waals surface area contributed by atoms with Crippen LogP contribution in [-0.2, 0) is 10.0 Å². The van der Waals surface area contributed by atoms with E-state index in [0.29, 0.717) is 31.9 Å². The number of ether oxygens (including phenoxy) is 1. The molecule has 1 fully saturated rings. The lowest BCUT2D eigenvalue weighted by atomic mass is 10.2. The van der Waals surface area contributed by atoms with Crippen molar-refractivity contribution in [2.45, 2.75) is 11.8 Å². The molecule has 0 aromatic heterocycles. The van der Waals surface area contributed by atoms with Crippen LogP contribution in [0, 0.1) is 17.0 Å². The molecule has 8 nitrogen and oxygen atoms in total. The minimum Gasteiger partial charge on any atom is -0.496 e. The maximum absolute atomic E-state index is 12.9. The second-order valence-electron chi connectivity index (χ2n) is 6.30. The molecule has 0 radical (unpaired) electrons. The average molecular weight is 391 g/mol. The summed E-state index contributed by atoms with van der Waals surface area (Å²) < 4.78 is 32.4. The van der Waals surface area contributed by atoms with Gasteiger partial charge in [-0.1, -0.05) is 0 Å². The first-order valence-electron chi connectivity index (χ1n) is 8.47. The Bertz CT molecular complexity index is 936. The third kappa shape index (κ3) is 3.88. The van der Waals surface area contributed by atoms with Crippen molar-refractivity contribution in [2.75, 3.05) is 38.2 Å². The highest BCUT2D eigenvalue weighted by Crippen LogP contribution is 2.26. The molecule has 1 heterocycles. The van der Waals surface area contributed by atoms with E-state index in [1.165, 1.54) is 16.4 Å². The molecule has 0 bridgehead atoms. The molecule has 0 saturated carbocycles. The first kappa shape index (κ1) is 19.1. The van der Waals surface area contributed by atoms with Crippen LogP contribution in [0.2, 0.25) is 0 Å². The van der Waals surface area contributed by atoms with Crippen LogP contribution in [0.5, 0.6) is 5.75 Å². The molecule has 2 aromatic rings. The Morgan fingerprint density at radius 3 is 2.19 bits per heavy atom. The molecule has 1 aliphatic heterocycles. The van der Waals surface area contributed by atoms with Gasteiger partial charge in [0.25, 0.3) is 5.69 Å². The van der Waals surface area contributed by atoms with Crippen LogP contribution in [0.25, 0.3) is 0 Å². The molecule has 2 aromatic carbocycles. The summed E-state index contributed by atoms with van der Waals surface area (Å²) in [5, 5.41) is 10.8. The molecular weight excluding hydrogens is 370 g/mol. The molecular formula is C18H21N3O5S. The average Bonchev–Trinajstić information content (AvgIpc) is 2.68. The zero-order valence-electron chi connectivity index (χ0n) is 15.2. The Morgan fingerprint density at radius 2 is 1.67 bits per heavy atom. The number of nitro benzene ring substituents is 1. The maximum Gasteiger partial charge on any atom is 0.269 e. The summed E-state index contributed by atoms with van der Waals surface area (Å²) >= 11 is 0. The van der Waals surface area contributed by atoms with E-state index in [0.717, 1.165) is 11.3 Å². The number of benzene rings is 2. The number of nitro groups is 1. The third-order valence-electron chi connectivity index (χ3n) is 4.67. The van der Waals surface area contributed by atoms with E-state index < -0.39 is 14.9 Å². The molecule has 0 amide bonds. The summed E-state index contributed by atoms with van der Waals surface area (Å²) in [6.07, 6.45) is 0. The third-order valence-corrected chi connectivity index (χ3v) is 6.56. The number of hydrogen-bond donors (Lipinski definition) is 0. The van der Waals surface area contributed by atoms with E-state index >= 15 is 0 Å². The van der Waals surface area contributed by atoms with E-state index in [9.17, 15) is 18.5 Å². The summed E-state index contributed by atoms with van der Waals surface area (Å²) in [5.41, 5.74) is 1.65. The smallest absolute Gasteiger partial charge is 0.269 e. The molecule has 0 spiro atoms. The van der Waals surface area contributed by atoms with Crippen molar-refractivity contribution < 1.29 is 18.1 Å². The van der Waals surface area contributed by atoms with E-state index in [4.69, 9.17) is 4.74 Å². The Hall–Kier alpha value is -2.65. The van der Waals surface area contributed by atoms with Gasteiger partial charge >= 0.3 is 0 Å². The quantitative estimate of drug-likeness (QED) is 0.574. The van der Waals surface area contributed by atoms with Crippen molar-refractivity contribution in [2.24, 2.45) is 0 Å². The van der Waals surface area contributed by atoms with Crippen LogP contribution < -0.4 is 9.64 Å². The molecule has 3 rings (SSSR count). The van der Waals surface area contributed by atoms with E-state index in [1.54, 1.807) is 37.4 Å². The zero-order chi connectivity index (χ0) is 19.6. The normalized spacial score (nSPS) is 15.6. The van der Waals surface area contributed by atoms with Crippen molar-refractivity contribution in [1.82, 2.24) is 4.31 Å². The first-order chi connectivity index (χ1) is 12.8. The molecule has 0 N–H and O–H groups in total. The van der Waals surface area contributed by atoms with Crippen LogP contribution >= 0.6 is 0 Å². The number of hydrogen-bond acceptors (Lipinski definition) is 6. The second-order valence-corrected chi connectivity index (χ2v) is 8.23. The topological polar surface area (TPSA) is 93.0 Å². The SMILES string of the molecule is COc1ccc(S(=O)(=O)N2CCN(c3ccc([N+](=O)[O-])cc3)CC2)cc1C. The number of methoxy groups -OCH3 is 1. The van der Waals surface area contributed by atoms with E-state index in [1.807, 2.05) is 11.8 Å². The Balaban J connectivity index is 1.71. The van der Waals surface area contributed by atoms with Gasteiger partial charge in [0.2, 0.25) is 10.0 Å². The molecule has 144 valence electrons. The Kier molecular flexibility index (Phi) is 5.33. The van der Waals surface area contributed by atoms with E-state index in [2.05, 4.69) is 0 Å². The van der Waals surface area contributed by atoms with Gasteiger partial charge in [-0.3, -0.25) is 10.1 Å².